The van der Waals surface area contributed by atoms with Crippen LogP contribution in [-0.4, -0.2) is 79.5 Å². The smallest absolute Gasteiger partial charge is 0.317 e. The van der Waals surface area contributed by atoms with Crippen molar-refractivity contribution in [2.75, 3.05) is 53.0 Å². The SMILES string of the molecule is CN(CCN1CCNC1=O)CC1(O)CCOCC1. The highest BCUT2D eigenvalue weighted by atomic mass is 16.5. The molecule has 0 saturated carbocycles. The molecule has 6 nitrogen and oxygen atoms in total. The molecule has 2 heterocycles. The Morgan fingerprint density at radius 1 is 1.50 bits per heavy atom. The second-order valence-corrected chi connectivity index (χ2v) is 5.29. The van der Waals surface area contributed by atoms with Crippen molar-refractivity contribution in [2.24, 2.45) is 0 Å². The standard InChI is InChI=1S/C12H23N3O3/c1-14(6-7-15-5-4-13-11(15)16)10-12(17)2-8-18-9-3-12/h17H,2-10H2,1H3,(H,13,16). The molecule has 2 fully saturated rings. The molecular formula is C12H23N3O3. The highest BCUT2D eigenvalue weighted by Crippen LogP contribution is 2.21. The summed E-state index contributed by atoms with van der Waals surface area (Å²) in [6, 6.07) is 0.0215. The molecule has 0 aliphatic carbocycles. The van der Waals surface area contributed by atoms with Crippen LogP contribution in [0.1, 0.15) is 12.8 Å². The highest BCUT2D eigenvalue weighted by molar-refractivity contribution is 5.76. The Morgan fingerprint density at radius 3 is 2.83 bits per heavy atom. The summed E-state index contributed by atoms with van der Waals surface area (Å²) in [4.78, 5) is 15.3. The number of hydrogen-bond donors (Lipinski definition) is 2. The van der Waals surface area contributed by atoms with Crippen molar-refractivity contribution < 1.29 is 14.6 Å². The molecule has 0 bridgehead atoms. The number of rotatable bonds is 5. The Balaban J connectivity index is 1.71. The quantitative estimate of drug-likeness (QED) is 0.696. The van der Waals surface area contributed by atoms with Gasteiger partial charge in [-0.2, -0.15) is 0 Å². The lowest BCUT2D eigenvalue weighted by atomic mass is 9.94. The number of carbonyl (C=O) groups excluding carboxylic acids is 1. The Labute approximate surface area is 108 Å². The summed E-state index contributed by atoms with van der Waals surface area (Å²) in [7, 11) is 1.99. The van der Waals surface area contributed by atoms with Crippen molar-refractivity contribution in [1.29, 1.82) is 0 Å². The molecule has 2 amide bonds. The van der Waals surface area contributed by atoms with Crippen molar-refractivity contribution in [3.05, 3.63) is 0 Å². The Kier molecular flexibility index (Phi) is 4.42. The van der Waals surface area contributed by atoms with E-state index >= 15 is 0 Å². The fraction of sp³-hybridized carbons (Fsp3) is 0.917. The topological polar surface area (TPSA) is 65.0 Å². The molecule has 2 aliphatic rings. The summed E-state index contributed by atoms with van der Waals surface area (Å²) in [6.45, 7) is 4.95. The molecule has 0 unspecified atom stereocenters. The molecule has 2 aliphatic heterocycles. The van der Waals surface area contributed by atoms with Crippen LogP contribution in [0.25, 0.3) is 0 Å². The monoisotopic (exact) mass is 257 g/mol. The van der Waals surface area contributed by atoms with Crippen LogP contribution in [0.2, 0.25) is 0 Å². The molecule has 0 radical (unpaired) electrons. The normalized spacial score (nSPS) is 23.5. The predicted molar refractivity (Wildman–Crippen MR) is 67.5 cm³/mol. The maximum absolute atomic E-state index is 11.4. The van der Waals surface area contributed by atoms with E-state index in [1.807, 2.05) is 11.9 Å². The molecule has 2 saturated heterocycles. The second kappa shape index (κ2) is 5.86. The van der Waals surface area contributed by atoms with E-state index in [2.05, 4.69) is 10.2 Å². The average molecular weight is 257 g/mol. The van der Waals surface area contributed by atoms with Gasteiger partial charge in [-0.25, -0.2) is 4.79 Å². The molecule has 0 aromatic carbocycles. The van der Waals surface area contributed by atoms with E-state index in [0.717, 1.165) is 26.2 Å². The van der Waals surface area contributed by atoms with Crippen molar-refractivity contribution in [1.82, 2.24) is 15.1 Å². The minimum atomic E-state index is -0.625. The first kappa shape index (κ1) is 13.6. The van der Waals surface area contributed by atoms with Gasteiger partial charge in [0.15, 0.2) is 0 Å². The summed E-state index contributed by atoms with van der Waals surface area (Å²) in [5, 5.41) is 13.2. The van der Waals surface area contributed by atoms with E-state index in [9.17, 15) is 9.90 Å². The number of aliphatic hydroxyl groups is 1. The van der Waals surface area contributed by atoms with Crippen LogP contribution in [0.15, 0.2) is 0 Å². The van der Waals surface area contributed by atoms with Crippen LogP contribution < -0.4 is 5.32 Å². The average Bonchev–Trinajstić information content (AvgIpc) is 2.72. The second-order valence-electron chi connectivity index (χ2n) is 5.29. The molecule has 0 atom stereocenters. The molecule has 104 valence electrons. The molecule has 2 rings (SSSR count). The van der Waals surface area contributed by atoms with E-state index in [1.165, 1.54) is 0 Å². The Hall–Kier alpha value is -0.850. The third-order valence-corrected chi connectivity index (χ3v) is 3.68. The lowest BCUT2D eigenvalue weighted by molar-refractivity contribution is -0.0770. The number of nitrogens with one attached hydrogen (secondary N) is 1. The summed E-state index contributed by atoms with van der Waals surface area (Å²) >= 11 is 0. The molecular weight excluding hydrogens is 234 g/mol. The first-order valence-electron chi connectivity index (χ1n) is 6.61. The number of nitrogens with zero attached hydrogens (tertiary/aromatic N) is 2. The summed E-state index contributed by atoms with van der Waals surface area (Å²) in [5.41, 5.74) is -0.625. The van der Waals surface area contributed by atoms with E-state index in [4.69, 9.17) is 4.74 Å². The van der Waals surface area contributed by atoms with Gasteiger partial charge in [0.2, 0.25) is 0 Å². The highest BCUT2D eigenvalue weighted by Gasteiger charge is 2.31. The molecule has 0 aromatic heterocycles. The van der Waals surface area contributed by atoms with Gasteiger partial charge >= 0.3 is 6.03 Å². The zero-order valence-electron chi connectivity index (χ0n) is 11.0. The summed E-state index contributed by atoms with van der Waals surface area (Å²) in [5.74, 6) is 0. The summed E-state index contributed by atoms with van der Waals surface area (Å²) < 4.78 is 5.26. The minimum absolute atomic E-state index is 0.0215. The van der Waals surface area contributed by atoms with Crippen molar-refractivity contribution in [3.8, 4) is 0 Å². The minimum Gasteiger partial charge on any atom is -0.388 e. The third-order valence-electron chi connectivity index (χ3n) is 3.68. The van der Waals surface area contributed by atoms with Gasteiger partial charge in [-0.15, -0.1) is 0 Å². The number of carbonyl (C=O) groups is 1. The zero-order chi connectivity index (χ0) is 13.0. The van der Waals surface area contributed by atoms with Crippen LogP contribution in [0, 0.1) is 0 Å². The largest absolute Gasteiger partial charge is 0.388 e. The van der Waals surface area contributed by atoms with Gasteiger partial charge in [-0.3, -0.25) is 0 Å². The first-order chi connectivity index (χ1) is 8.59. The van der Waals surface area contributed by atoms with Crippen LogP contribution in [0.4, 0.5) is 4.79 Å². The van der Waals surface area contributed by atoms with E-state index in [-0.39, 0.29) is 6.03 Å². The lowest BCUT2D eigenvalue weighted by Crippen LogP contribution is -2.47. The molecule has 18 heavy (non-hydrogen) atoms. The van der Waals surface area contributed by atoms with Crippen LogP contribution >= 0.6 is 0 Å². The van der Waals surface area contributed by atoms with Crippen molar-refractivity contribution in [2.45, 2.75) is 18.4 Å². The van der Waals surface area contributed by atoms with Crippen molar-refractivity contribution >= 4 is 6.03 Å². The molecule has 6 heteroatoms. The Bertz CT molecular complexity index is 292. The van der Waals surface area contributed by atoms with Gasteiger partial charge in [0.25, 0.3) is 0 Å². The fourth-order valence-corrected chi connectivity index (χ4v) is 2.51. The van der Waals surface area contributed by atoms with Crippen LogP contribution in [-0.2, 0) is 4.74 Å². The predicted octanol–water partition coefficient (Wildman–Crippen LogP) is -0.515. The summed E-state index contributed by atoms with van der Waals surface area (Å²) in [6.07, 6.45) is 1.39. The number of urea groups is 1. The fourth-order valence-electron chi connectivity index (χ4n) is 2.51. The third kappa shape index (κ3) is 3.57. The maximum Gasteiger partial charge on any atom is 0.317 e. The maximum atomic E-state index is 11.4. The van der Waals surface area contributed by atoms with Crippen LogP contribution in [0.5, 0.6) is 0 Å². The number of amides is 2. The van der Waals surface area contributed by atoms with Gasteiger partial charge in [0.1, 0.15) is 0 Å². The van der Waals surface area contributed by atoms with Crippen molar-refractivity contribution in [3.63, 3.8) is 0 Å². The molecule has 2 N–H and O–H groups in total. The molecule has 0 spiro atoms. The van der Waals surface area contributed by atoms with Gasteiger partial charge in [0, 0.05) is 58.8 Å². The number of ether oxygens (including phenoxy) is 1. The van der Waals surface area contributed by atoms with Gasteiger partial charge in [-0.05, 0) is 7.05 Å². The zero-order valence-corrected chi connectivity index (χ0v) is 11.0. The van der Waals surface area contributed by atoms with E-state index in [1.54, 1.807) is 0 Å². The molecule has 0 aromatic rings. The lowest BCUT2D eigenvalue weighted by Gasteiger charge is -2.35. The van der Waals surface area contributed by atoms with Gasteiger partial charge in [0.05, 0.1) is 5.60 Å². The number of hydrogen-bond acceptors (Lipinski definition) is 4. The number of likely N-dealkylation sites (N-methyl/N-ethyl adjacent to an activating group) is 1. The van der Waals surface area contributed by atoms with Crippen LogP contribution in [0.3, 0.4) is 0 Å². The van der Waals surface area contributed by atoms with E-state index < -0.39 is 5.60 Å². The van der Waals surface area contributed by atoms with Gasteiger partial charge in [-0.1, -0.05) is 0 Å². The van der Waals surface area contributed by atoms with Gasteiger partial charge < -0.3 is 25.0 Å². The Morgan fingerprint density at radius 2 is 2.22 bits per heavy atom. The van der Waals surface area contributed by atoms with E-state index in [0.29, 0.717) is 32.6 Å². The first-order valence-corrected chi connectivity index (χ1v) is 6.61.